The van der Waals surface area contributed by atoms with E-state index in [0.29, 0.717) is 5.69 Å². The maximum Gasteiger partial charge on any atom is 0.241 e. The van der Waals surface area contributed by atoms with Crippen LogP contribution in [-0.2, 0) is 11.3 Å². The van der Waals surface area contributed by atoms with Crippen LogP contribution in [0.1, 0.15) is 18.2 Å². The number of hydrogen-bond acceptors (Lipinski definition) is 5. The highest BCUT2D eigenvalue weighted by Gasteiger charge is 2.26. The SMILES string of the molecule is Cc1ccc(F)cc1NC(=O)C(C)N1CCN(Cc2cscn2)CC1. The van der Waals surface area contributed by atoms with E-state index in [0.717, 1.165) is 44.0 Å². The largest absolute Gasteiger partial charge is 0.324 e. The van der Waals surface area contributed by atoms with Crippen molar-refractivity contribution in [3.63, 3.8) is 0 Å². The standard InChI is InChI=1S/C18H23FN4OS/c1-13-3-4-15(19)9-17(13)21-18(24)14(2)23-7-5-22(6-8-23)10-16-11-25-12-20-16/h3-4,9,11-12,14H,5-8,10H2,1-2H3,(H,21,24). The maximum absolute atomic E-state index is 13.4. The van der Waals surface area contributed by atoms with Gasteiger partial charge in [-0.2, -0.15) is 0 Å². The number of nitrogens with one attached hydrogen (secondary N) is 1. The van der Waals surface area contributed by atoms with Crippen molar-refractivity contribution < 1.29 is 9.18 Å². The summed E-state index contributed by atoms with van der Waals surface area (Å²) in [6, 6.07) is 4.19. The molecule has 0 bridgehead atoms. The molecule has 7 heteroatoms. The quantitative estimate of drug-likeness (QED) is 0.889. The molecule has 0 saturated carbocycles. The van der Waals surface area contributed by atoms with Crippen molar-refractivity contribution in [3.05, 3.63) is 46.2 Å². The molecule has 1 amide bonds. The number of aromatic nitrogens is 1. The molecule has 1 aliphatic rings. The van der Waals surface area contributed by atoms with Gasteiger partial charge in [0.1, 0.15) is 5.82 Å². The van der Waals surface area contributed by atoms with E-state index in [4.69, 9.17) is 0 Å². The van der Waals surface area contributed by atoms with Crippen LogP contribution >= 0.6 is 11.3 Å². The van der Waals surface area contributed by atoms with Gasteiger partial charge in [0.05, 0.1) is 17.2 Å². The summed E-state index contributed by atoms with van der Waals surface area (Å²) in [5.41, 5.74) is 4.35. The van der Waals surface area contributed by atoms with Gasteiger partial charge in [0.2, 0.25) is 5.91 Å². The van der Waals surface area contributed by atoms with E-state index in [-0.39, 0.29) is 17.8 Å². The lowest BCUT2D eigenvalue weighted by Crippen LogP contribution is -2.52. The third-order valence-electron chi connectivity index (χ3n) is 4.66. The molecule has 134 valence electrons. The van der Waals surface area contributed by atoms with Crippen LogP contribution in [0, 0.1) is 12.7 Å². The van der Waals surface area contributed by atoms with Crippen LogP contribution < -0.4 is 5.32 Å². The number of carbonyl (C=O) groups excluding carboxylic acids is 1. The minimum Gasteiger partial charge on any atom is -0.324 e. The summed E-state index contributed by atoms with van der Waals surface area (Å²) in [6.45, 7) is 8.11. The highest BCUT2D eigenvalue weighted by molar-refractivity contribution is 7.07. The summed E-state index contributed by atoms with van der Waals surface area (Å²) >= 11 is 1.61. The summed E-state index contributed by atoms with van der Waals surface area (Å²) in [6.07, 6.45) is 0. The van der Waals surface area contributed by atoms with Crippen LogP contribution in [0.2, 0.25) is 0 Å². The van der Waals surface area contributed by atoms with Gasteiger partial charge in [0.25, 0.3) is 0 Å². The van der Waals surface area contributed by atoms with E-state index in [1.165, 1.54) is 12.1 Å². The first-order chi connectivity index (χ1) is 12.0. The molecule has 0 aliphatic carbocycles. The number of rotatable bonds is 5. The van der Waals surface area contributed by atoms with Crippen molar-refractivity contribution in [2.75, 3.05) is 31.5 Å². The lowest BCUT2D eigenvalue weighted by Gasteiger charge is -2.37. The van der Waals surface area contributed by atoms with Crippen molar-refractivity contribution in [1.29, 1.82) is 0 Å². The van der Waals surface area contributed by atoms with Crippen molar-refractivity contribution >= 4 is 22.9 Å². The number of amides is 1. The monoisotopic (exact) mass is 362 g/mol. The molecule has 3 rings (SSSR count). The molecule has 1 saturated heterocycles. The van der Waals surface area contributed by atoms with Gasteiger partial charge >= 0.3 is 0 Å². The van der Waals surface area contributed by atoms with Crippen LogP contribution in [0.5, 0.6) is 0 Å². The van der Waals surface area contributed by atoms with Crippen LogP contribution in [0.15, 0.2) is 29.1 Å². The zero-order valence-electron chi connectivity index (χ0n) is 14.5. The Hall–Kier alpha value is -1.83. The Morgan fingerprint density at radius 1 is 1.36 bits per heavy atom. The Balaban J connectivity index is 1.52. The highest BCUT2D eigenvalue weighted by Crippen LogP contribution is 2.17. The molecule has 1 fully saturated rings. The highest BCUT2D eigenvalue weighted by atomic mass is 32.1. The molecular formula is C18H23FN4OS. The fraction of sp³-hybridized carbons (Fsp3) is 0.444. The summed E-state index contributed by atoms with van der Waals surface area (Å²) in [5, 5.41) is 4.93. The third-order valence-corrected chi connectivity index (χ3v) is 5.30. The van der Waals surface area contributed by atoms with Crippen LogP contribution in [-0.4, -0.2) is 52.9 Å². The van der Waals surface area contributed by atoms with Crippen LogP contribution in [0.4, 0.5) is 10.1 Å². The summed E-state index contributed by atoms with van der Waals surface area (Å²) in [4.78, 5) is 21.4. The van der Waals surface area contributed by atoms with E-state index >= 15 is 0 Å². The first-order valence-electron chi connectivity index (χ1n) is 8.43. The third kappa shape index (κ3) is 4.62. The summed E-state index contributed by atoms with van der Waals surface area (Å²) in [7, 11) is 0. The zero-order chi connectivity index (χ0) is 17.8. The average molecular weight is 362 g/mol. The van der Waals surface area contributed by atoms with Gasteiger partial charge in [-0.1, -0.05) is 6.07 Å². The fourth-order valence-electron chi connectivity index (χ4n) is 2.99. The lowest BCUT2D eigenvalue weighted by atomic mass is 10.1. The number of anilines is 1. The molecule has 1 unspecified atom stereocenters. The van der Waals surface area contributed by atoms with Crippen molar-refractivity contribution in [3.8, 4) is 0 Å². The first-order valence-corrected chi connectivity index (χ1v) is 9.37. The van der Waals surface area contributed by atoms with Crippen LogP contribution in [0.3, 0.4) is 0 Å². The second-order valence-corrected chi connectivity index (χ2v) is 7.14. The predicted molar refractivity (Wildman–Crippen MR) is 98.2 cm³/mol. The van der Waals surface area contributed by atoms with Gasteiger partial charge in [-0.05, 0) is 31.5 Å². The normalized spacial score (nSPS) is 17.4. The summed E-state index contributed by atoms with van der Waals surface area (Å²) < 4.78 is 13.4. The van der Waals surface area contributed by atoms with Gasteiger partial charge in [0.15, 0.2) is 0 Å². The number of aryl methyl sites for hydroxylation is 1. The van der Waals surface area contributed by atoms with Gasteiger partial charge in [0, 0.05) is 43.8 Å². The number of benzene rings is 1. The van der Waals surface area contributed by atoms with Crippen molar-refractivity contribution in [2.24, 2.45) is 0 Å². The second kappa shape index (κ2) is 8.03. The Morgan fingerprint density at radius 2 is 2.12 bits per heavy atom. The van der Waals surface area contributed by atoms with Crippen LogP contribution in [0.25, 0.3) is 0 Å². The van der Waals surface area contributed by atoms with E-state index in [9.17, 15) is 9.18 Å². The Bertz CT molecular complexity index is 714. The molecule has 2 heterocycles. The average Bonchev–Trinajstić information content (AvgIpc) is 3.11. The topological polar surface area (TPSA) is 48.5 Å². The maximum atomic E-state index is 13.4. The van der Waals surface area contributed by atoms with Gasteiger partial charge in [-0.15, -0.1) is 11.3 Å². The number of piperazine rings is 1. The molecule has 25 heavy (non-hydrogen) atoms. The van der Waals surface area contributed by atoms with E-state index < -0.39 is 0 Å². The Kier molecular flexibility index (Phi) is 5.78. The first kappa shape index (κ1) is 18.0. The molecule has 1 aromatic carbocycles. The lowest BCUT2D eigenvalue weighted by molar-refractivity contribution is -0.121. The Labute approximate surface area is 151 Å². The number of halogens is 1. The van der Waals surface area contributed by atoms with Crippen molar-refractivity contribution in [2.45, 2.75) is 26.4 Å². The molecule has 2 aromatic rings. The van der Waals surface area contributed by atoms with Gasteiger partial charge < -0.3 is 5.32 Å². The van der Waals surface area contributed by atoms with Gasteiger partial charge in [-0.25, -0.2) is 9.37 Å². The number of carbonyl (C=O) groups is 1. The van der Waals surface area contributed by atoms with Crippen molar-refractivity contribution in [1.82, 2.24) is 14.8 Å². The molecule has 1 aliphatic heterocycles. The molecule has 1 aromatic heterocycles. The second-order valence-electron chi connectivity index (χ2n) is 6.42. The predicted octanol–water partition coefficient (Wildman–Crippen LogP) is 2.74. The minimum atomic E-state index is -0.343. The van der Waals surface area contributed by atoms with E-state index in [1.807, 2.05) is 19.4 Å². The minimum absolute atomic E-state index is 0.0957. The number of thiazole rings is 1. The zero-order valence-corrected chi connectivity index (χ0v) is 15.4. The van der Waals surface area contributed by atoms with E-state index in [1.54, 1.807) is 17.4 Å². The van der Waals surface area contributed by atoms with E-state index in [2.05, 4.69) is 25.5 Å². The smallest absolute Gasteiger partial charge is 0.241 e. The molecule has 0 spiro atoms. The molecule has 1 N–H and O–H groups in total. The molecule has 1 atom stereocenters. The molecule has 5 nitrogen and oxygen atoms in total. The summed E-state index contributed by atoms with van der Waals surface area (Å²) in [5.74, 6) is -0.439. The fourth-order valence-corrected chi connectivity index (χ4v) is 3.53. The molecular weight excluding hydrogens is 339 g/mol. The molecule has 0 radical (unpaired) electrons. The number of hydrogen-bond donors (Lipinski definition) is 1. The van der Waals surface area contributed by atoms with Gasteiger partial charge in [-0.3, -0.25) is 14.6 Å². The Morgan fingerprint density at radius 3 is 2.80 bits per heavy atom. The number of nitrogens with zero attached hydrogens (tertiary/aromatic N) is 3.